The van der Waals surface area contributed by atoms with Gasteiger partial charge in [-0.05, 0) is 31.9 Å². The lowest BCUT2D eigenvalue weighted by Gasteiger charge is -2.27. The Morgan fingerprint density at radius 2 is 2.25 bits per heavy atom. The molecule has 2 N–H and O–H groups in total. The number of primary amides is 1. The molecule has 0 saturated carbocycles. The third kappa shape index (κ3) is 2.87. The van der Waals surface area contributed by atoms with Gasteiger partial charge in [-0.2, -0.15) is 17.0 Å². The smallest absolute Gasteiger partial charge is 0.282 e. The third-order valence-corrected chi connectivity index (χ3v) is 5.31. The summed E-state index contributed by atoms with van der Waals surface area (Å²) < 4.78 is 32.8. The normalized spacial score (nSPS) is 20.6. The molecule has 1 amide bonds. The van der Waals surface area contributed by atoms with Gasteiger partial charge in [0.1, 0.15) is 11.5 Å². The average molecular weight is 301 g/mol. The molecule has 1 atom stereocenters. The summed E-state index contributed by atoms with van der Waals surface area (Å²) in [6.07, 6.45) is 1.46. The summed E-state index contributed by atoms with van der Waals surface area (Å²) in [5, 5.41) is 0. The number of nitrogens with two attached hydrogens (primary N) is 1. The van der Waals surface area contributed by atoms with Gasteiger partial charge in [-0.3, -0.25) is 4.79 Å². The topological polar surface area (TPSA) is 96.9 Å². The molecule has 1 aromatic heterocycles. The molecule has 1 aliphatic rings. The van der Waals surface area contributed by atoms with Gasteiger partial charge in [-0.1, -0.05) is 0 Å². The fraction of sp³-hybridized carbons (Fsp3) is 0.583. The molecule has 1 aromatic rings. The Morgan fingerprint density at radius 1 is 1.55 bits per heavy atom. The lowest BCUT2D eigenvalue weighted by Crippen LogP contribution is -2.44. The molecule has 1 aliphatic heterocycles. The van der Waals surface area contributed by atoms with Crippen LogP contribution in [0.2, 0.25) is 0 Å². The summed E-state index contributed by atoms with van der Waals surface area (Å²) >= 11 is 0. The molecule has 20 heavy (non-hydrogen) atoms. The summed E-state index contributed by atoms with van der Waals surface area (Å²) in [5.41, 5.74) is 5.06. The minimum atomic E-state index is -3.72. The summed E-state index contributed by atoms with van der Waals surface area (Å²) in [6.45, 7) is 1.90. The number of rotatable bonds is 5. The van der Waals surface area contributed by atoms with Gasteiger partial charge in [-0.25, -0.2) is 0 Å². The molecule has 0 radical (unpaired) electrons. The van der Waals surface area contributed by atoms with E-state index in [1.165, 1.54) is 11.4 Å². The van der Waals surface area contributed by atoms with Crippen molar-refractivity contribution in [3.63, 3.8) is 0 Å². The molecule has 0 spiro atoms. The van der Waals surface area contributed by atoms with Crippen molar-refractivity contribution in [2.75, 3.05) is 20.1 Å². The van der Waals surface area contributed by atoms with Crippen molar-refractivity contribution in [1.29, 1.82) is 0 Å². The number of amides is 1. The van der Waals surface area contributed by atoms with Crippen LogP contribution in [-0.2, 0) is 15.0 Å². The standard InChI is InChI=1S/C12H19N3O4S/c1-9-5-6-11(19-9)10-4-3-7-15(10)20(17,18)14(2)8-12(13)16/h5-6,10H,3-4,7-8H2,1-2H3,(H2,13,16). The van der Waals surface area contributed by atoms with Crippen molar-refractivity contribution in [2.24, 2.45) is 5.73 Å². The predicted molar refractivity (Wildman–Crippen MR) is 72.9 cm³/mol. The number of hydrogen-bond acceptors (Lipinski definition) is 4. The number of carbonyl (C=O) groups excluding carboxylic acids is 1. The molecule has 7 nitrogen and oxygen atoms in total. The van der Waals surface area contributed by atoms with Crippen molar-refractivity contribution >= 4 is 16.1 Å². The van der Waals surface area contributed by atoms with E-state index < -0.39 is 16.1 Å². The summed E-state index contributed by atoms with van der Waals surface area (Å²) in [7, 11) is -2.37. The molecule has 1 saturated heterocycles. The summed E-state index contributed by atoms with van der Waals surface area (Å²) in [5.74, 6) is 0.700. The highest BCUT2D eigenvalue weighted by Crippen LogP contribution is 2.35. The average Bonchev–Trinajstić information content (AvgIpc) is 2.95. The van der Waals surface area contributed by atoms with E-state index in [9.17, 15) is 13.2 Å². The molecule has 2 rings (SSSR count). The van der Waals surface area contributed by atoms with Crippen LogP contribution in [0.15, 0.2) is 16.5 Å². The largest absolute Gasteiger partial charge is 0.465 e. The highest BCUT2D eigenvalue weighted by Gasteiger charge is 2.39. The van der Waals surface area contributed by atoms with Crippen LogP contribution in [0.1, 0.15) is 30.4 Å². The first-order valence-electron chi connectivity index (χ1n) is 6.40. The van der Waals surface area contributed by atoms with Crippen LogP contribution >= 0.6 is 0 Å². The molecular weight excluding hydrogens is 282 g/mol. The number of nitrogens with zero attached hydrogens (tertiary/aromatic N) is 2. The van der Waals surface area contributed by atoms with E-state index in [0.717, 1.165) is 16.5 Å². The minimum absolute atomic E-state index is 0.316. The third-order valence-electron chi connectivity index (χ3n) is 3.36. The number of likely N-dealkylation sites (N-methyl/N-ethyl adjacent to an activating group) is 1. The fourth-order valence-electron chi connectivity index (χ4n) is 2.41. The molecule has 1 fully saturated rings. The second-order valence-corrected chi connectivity index (χ2v) is 6.94. The Balaban J connectivity index is 2.24. The van der Waals surface area contributed by atoms with Gasteiger partial charge in [0.2, 0.25) is 5.91 Å². The molecule has 0 aromatic carbocycles. The van der Waals surface area contributed by atoms with Crippen molar-refractivity contribution in [3.8, 4) is 0 Å². The molecule has 112 valence electrons. The van der Waals surface area contributed by atoms with Crippen LogP contribution in [0, 0.1) is 6.92 Å². The van der Waals surface area contributed by atoms with E-state index in [-0.39, 0.29) is 12.6 Å². The first-order chi connectivity index (χ1) is 9.32. The van der Waals surface area contributed by atoms with Crippen LogP contribution in [0.4, 0.5) is 0 Å². The Morgan fingerprint density at radius 3 is 2.80 bits per heavy atom. The van der Waals surface area contributed by atoms with Gasteiger partial charge in [0.25, 0.3) is 10.2 Å². The van der Waals surface area contributed by atoms with Crippen molar-refractivity contribution in [2.45, 2.75) is 25.8 Å². The van der Waals surface area contributed by atoms with Gasteiger partial charge >= 0.3 is 0 Å². The maximum atomic E-state index is 12.5. The fourth-order valence-corrected chi connectivity index (χ4v) is 3.95. The lowest BCUT2D eigenvalue weighted by molar-refractivity contribution is -0.118. The second kappa shape index (κ2) is 5.55. The Hall–Kier alpha value is -1.38. The molecule has 8 heteroatoms. The van der Waals surface area contributed by atoms with Crippen molar-refractivity contribution < 1.29 is 17.6 Å². The monoisotopic (exact) mass is 301 g/mol. The van der Waals surface area contributed by atoms with Crippen LogP contribution in [0.3, 0.4) is 0 Å². The zero-order valence-corrected chi connectivity index (χ0v) is 12.4. The molecular formula is C12H19N3O4S. The van der Waals surface area contributed by atoms with E-state index in [0.29, 0.717) is 18.7 Å². The highest BCUT2D eigenvalue weighted by atomic mass is 32.2. The van der Waals surface area contributed by atoms with Gasteiger partial charge < -0.3 is 10.2 Å². The molecule has 0 aliphatic carbocycles. The number of carbonyl (C=O) groups is 1. The zero-order chi connectivity index (χ0) is 14.9. The highest BCUT2D eigenvalue weighted by molar-refractivity contribution is 7.86. The quantitative estimate of drug-likeness (QED) is 0.850. The van der Waals surface area contributed by atoms with Crippen LogP contribution in [0.25, 0.3) is 0 Å². The number of hydrogen-bond donors (Lipinski definition) is 1. The summed E-state index contributed by atoms with van der Waals surface area (Å²) in [4.78, 5) is 10.9. The first-order valence-corrected chi connectivity index (χ1v) is 7.80. The molecule has 1 unspecified atom stereocenters. The van der Waals surface area contributed by atoms with E-state index >= 15 is 0 Å². The Bertz CT molecular complexity index is 596. The van der Waals surface area contributed by atoms with Crippen LogP contribution in [0.5, 0.6) is 0 Å². The van der Waals surface area contributed by atoms with E-state index in [1.54, 1.807) is 6.07 Å². The Kier molecular flexibility index (Phi) is 4.17. The molecule has 0 bridgehead atoms. The molecule has 2 heterocycles. The Labute approximate surface area is 118 Å². The first kappa shape index (κ1) is 15.0. The SMILES string of the molecule is Cc1ccc(C2CCCN2S(=O)(=O)N(C)CC(N)=O)o1. The van der Waals surface area contributed by atoms with Gasteiger partial charge in [0.05, 0.1) is 12.6 Å². The van der Waals surface area contributed by atoms with E-state index in [1.807, 2.05) is 13.0 Å². The maximum Gasteiger partial charge on any atom is 0.282 e. The van der Waals surface area contributed by atoms with Gasteiger partial charge in [0.15, 0.2) is 0 Å². The van der Waals surface area contributed by atoms with E-state index in [4.69, 9.17) is 10.2 Å². The van der Waals surface area contributed by atoms with Gasteiger partial charge in [0, 0.05) is 13.6 Å². The minimum Gasteiger partial charge on any atom is -0.465 e. The van der Waals surface area contributed by atoms with Gasteiger partial charge in [-0.15, -0.1) is 0 Å². The zero-order valence-electron chi connectivity index (χ0n) is 11.6. The van der Waals surface area contributed by atoms with Crippen molar-refractivity contribution in [1.82, 2.24) is 8.61 Å². The lowest BCUT2D eigenvalue weighted by atomic mass is 10.2. The van der Waals surface area contributed by atoms with Crippen LogP contribution in [-0.4, -0.2) is 43.1 Å². The van der Waals surface area contributed by atoms with Crippen LogP contribution < -0.4 is 5.73 Å². The second-order valence-electron chi connectivity index (χ2n) is 4.95. The maximum absolute atomic E-state index is 12.5. The predicted octanol–water partition coefficient (Wildman–Crippen LogP) is 0.387. The van der Waals surface area contributed by atoms with E-state index in [2.05, 4.69) is 0 Å². The number of aryl methyl sites for hydroxylation is 1. The van der Waals surface area contributed by atoms with Crippen molar-refractivity contribution in [3.05, 3.63) is 23.7 Å². The summed E-state index contributed by atoms with van der Waals surface area (Å²) in [6, 6.07) is 3.29. The number of furan rings is 1.